The van der Waals surface area contributed by atoms with Crippen LogP contribution in [0.25, 0.3) is 0 Å². The maximum Gasteiger partial charge on any atom is 0.325 e. The Bertz CT molecular complexity index is 814. The van der Waals surface area contributed by atoms with E-state index in [4.69, 9.17) is 29.5 Å². The van der Waals surface area contributed by atoms with E-state index in [-0.39, 0.29) is 16.4 Å². The van der Waals surface area contributed by atoms with E-state index in [1.54, 1.807) is 31.2 Å². The minimum absolute atomic E-state index is 0.250. The first-order chi connectivity index (χ1) is 10.8. The first-order valence-corrected chi connectivity index (χ1v) is 7.41. The molecule has 1 heterocycles. The molecule has 5 N–H and O–H groups in total. The molecule has 1 aromatic carbocycles. The quantitative estimate of drug-likeness (QED) is 0.530. The fourth-order valence-electron chi connectivity index (χ4n) is 1.75. The van der Waals surface area contributed by atoms with Gasteiger partial charge in [0.1, 0.15) is 16.4 Å². The molecule has 0 aliphatic heterocycles. The fourth-order valence-corrected chi connectivity index (χ4v) is 2.26. The van der Waals surface area contributed by atoms with E-state index in [0.717, 1.165) is 0 Å². The number of carboxylic acids is 1. The number of amides is 1. The molecule has 1 aromatic heterocycles. The number of rotatable bonds is 5. The number of aliphatic carboxylic acids is 1. The molecule has 9 heteroatoms. The molecule has 7 nitrogen and oxygen atoms in total. The second kappa shape index (κ2) is 7.16. The molecule has 1 unspecified atom stereocenters. The van der Waals surface area contributed by atoms with Crippen LogP contribution in [0.1, 0.15) is 17.4 Å². The van der Waals surface area contributed by atoms with Crippen LogP contribution in [0.15, 0.2) is 30.3 Å². The number of carbonyl (C=O) groups excluding carboxylic acids is 1. The van der Waals surface area contributed by atoms with E-state index in [1.165, 1.54) is 6.07 Å². The van der Waals surface area contributed by atoms with Gasteiger partial charge in [-0.05, 0) is 43.4 Å². The number of aromatic amines is 2. The smallest absolute Gasteiger partial charge is 0.325 e. The molecule has 1 amide bonds. The largest absolute Gasteiger partial charge is 0.480 e. The van der Waals surface area contributed by atoms with E-state index >= 15 is 0 Å². The number of aromatic nitrogens is 2. The molecule has 23 heavy (non-hydrogen) atoms. The summed E-state index contributed by atoms with van der Waals surface area (Å²) in [5.41, 5.74) is 1.45. The maximum absolute atomic E-state index is 12.1. The van der Waals surface area contributed by atoms with Crippen LogP contribution < -0.4 is 10.6 Å². The number of benzene rings is 1. The summed E-state index contributed by atoms with van der Waals surface area (Å²) in [6.07, 6.45) is 0. The summed E-state index contributed by atoms with van der Waals surface area (Å²) in [7, 11) is 0. The molecule has 0 saturated heterocycles. The van der Waals surface area contributed by atoms with Crippen molar-refractivity contribution in [3.8, 4) is 0 Å². The third-order valence-electron chi connectivity index (χ3n) is 2.90. The van der Waals surface area contributed by atoms with Crippen LogP contribution in [0.3, 0.4) is 0 Å². The highest BCUT2D eigenvalue weighted by molar-refractivity contribution is 7.72. The number of nitrogens with one attached hydrogen (secondary N) is 4. The molecule has 1 atom stereocenters. The molecule has 0 bridgehead atoms. The molecule has 2 aromatic rings. The minimum atomic E-state index is -0.946. The Kier molecular flexibility index (Phi) is 5.24. The van der Waals surface area contributed by atoms with Crippen LogP contribution in [0, 0.1) is 9.41 Å². The van der Waals surface area contributed by atoms with Crippen molar-refractivity contribution in [1.29, 1.82) is 0 Å². The van der Waals surface area contributed by atoms with Gasteiger partial charge >= 0.3 is 5.97 Å². The molecule has 0 aliphatic rings. The lowest BCUT2D eigenvalue weighted by molar-refractivity contribution is -0.137. The zero-order chi connectivity index (χ0) is 17.0. The van der Waals surface area contributed by atoms with Gasteiger partial charge in [0.15, 0.2) is 4.77 Å². The van der Waals surface area contributed by atoms with E-state index in [1.807, 2.05) is 0 Å². The third kappa shape index (κ3) is 4.73. The molecule has 0 aliphatic carbocycles. The highest BCUT2D eigenvalue weighted by Gasteiger charge is 2.10. The van der Waals surface area contributed by atoms with Gasteiger partial charge in [-0.2, -0.15) is 0 Å². The monoisotopic (exact) mass is 350 g/mol. The average molecular weight is 350 g/mol. The van der Waals surface area contributed by atoms with Gasteiger partial charge in [0.2, 0.25) is 0 Å². The Hall–Kier alpha value is -2.52. The first-order valence-electron chi connectivity index (χ1n) is 6.59. The highest BCUT2D eigenvalue weighted by Crippen LogP contribution is 2.15. The van der Waals surface area contributed by atoms with Crippen LogP contribution >= 0.6 is 24.4 Å². The van der Waals surface area contributed by atoms with Crippen LogP contribution in [0.2, 0.25) is 0 Å². The van der Waals surface area contributed by atoms with Crippen LogP contribution in [0.4, 0.5) is 11.4 Å². The minimum Gasteiger partial charge on any atom is -0.480 e. The Balaban J connectivity index is 2.08. The van der Waals surface area contributed by atoms with Gasteiger partial charge in [0.25, 0.3) is 5.91 Å². The maximum atomic E-state index is 12.1. The summed E-state index contributed by atoms with van der Waals surface area (Å²) in [6, 6.07) is 7.44. The van der Waals surface area contributed by atoms with Crippen LogP contribution in [-0.4, -0.2) is 33.0 Å². The fraction of sp³-hybridized carbons (Fsp3) is 0.143. The highest BCUT2D eigenvalue weighted by atomic mass is 32.1. The molecule has 2 rings (SSSR count). The summed E-state index contributed by atoms with van der Waals surface area (Å²) >= 11 is 9.91. The van der Waals surface area contributed by atoms with E-state index in [0.29, 0.717) is 16.0 Å². The SMILES string of the molecule is CC(Nc1ccc(NC(=O)c2cc(=S)[nH]c(=S)[nH]2)cc1)C(=O)O. The lowest BCUT2D eigenvalue weighted by atomic mass is 10.2. The number of hydrogen-bond acceptors (Lipinski definition) is 5. The van der Waals surface area contributed by atoms with Crippen LogP contribution in [0.5, 0.6) is 0 Å². The molecular weight excluding hydrogens is 336 g/mol. The van der Waals surface area contributed by atoms with Crippen molar-refractivity contribution in [3.63, 3.8) is 0 Å². The second-order valence-corrected chi connectivity index (χ2v) is 5.59. The zero-order valence-electron chi connectivity index (χ0n) is 12.0. The summed E-state index contributed by atoms with van der Waals surface area (Å²) in [6.45, 7) is 1.54. The van der Waals surface area contributed by atoms with Crippen molar-refractivity contribution in [2.75, 3.05) is 10.6 Å². The van der Waals surface area contributed by atoms with E-state index in [2.05, 4.69) is 20.6 Å². The van der Waals surface area contributed by atoms with Gasteiger partial charge in [0.05, 0.1) is 0 Å². The van der Waals surface area contributed by atoms with Crippen molar-refractivity contribution >= 4 is 47.7 Å². The summed E-state index contributed by atoms with van der Waals surface area (Å²) in [5, 5.41) is 14.4. The van der Waals surface area contributed by atoms with Gasteiger partial charge in [0, 0.05) is 17.4 Å². The van der Waals surface area contributed by atoms with Gasteiger partial charge in [-0.25, -0.2) is 0 Å². The van der Waals surface area contributed by atoms with Crippen molar-refractivity contribution in [2.45, 2.75) is 13.0 Å². The van der Waals surface area contributed by atoms with Gasteiger partial charge in [-0.1, -0.05) is 12.2 Å². The number of anilines is 2. The molecule has 0 spiro atoms. The molecule has 120 valence electrons. The van der Waals surface area contributed by atoms with E-state index < -0.39 is 12.0 Å². The number of carboxylic acid groups (broad SMARTS) is 1. The standard InChI is InChI=1S/C14H14N4O3S2/c1-7(13(20)21)15-8-2-4-9(5-3-8)16-12(19)10-6-11(22)18-14(23)17-10/h2-7,15H,1H3,(H,16,19)(H,20,21)(H2,17,18,22,23). The number of carbonyl (C=O) groups is 2. The summed E-state index contributed by atoms with van der Waals surface area (Å²) < 4.78 is 0.631. The Morgan fingerprint density at radius 3 is 2.30 bits per heavy atom. The summed E-state index contributed by atoms with van der Waals surface area (Å²) in [4.78, 5) is 28.3. The van der Waals surface area contributed by atoms with E-state index in [9.17, 15) is 9.59 Å². The Morgan fingerprint density at radius 1 is 1.13 bits per heavy atom. The lowest BCUT2D eigenvalue weighted by Gasteiger charge is -2.11. The first kappa shape index (κ1) is 16.8. The second-order valence-electron chi connectivity index (χ2n) is 4.74. The molecule has 0 fully saturated rings. The topological polar surface area (TPSA) is 110 Å². The van der Waals surface area contributed by atoms with Crippen molar-refractivity contribution in [2.24, 2.45) is 0 Å². The summed E-state index contributed by atoms with van der Waals surface area (Å²) in [5.74, 6) is -1.32. The molecular formula is C14H14N4O3S2. The number of H-pyrrole nitrogens is 2. The van der Waals surface area contributed by atoms with Crippen molar-refractivity contribution < 1.29 is 14.7 Å². The Labute approximate surface area is 141 Å². The van der Waals surface area contributed by atoms with Crippen molar-refractivity contribution in [1.82, 2.24) is 9.97 Å². The van der Waals surface area contributed by atoms with Crippen LogP contribution in [-0.2, 0) is 4.79 Å². The Morgan fingerprint density at radius 2 is 1.74 bits per heavy atom. The van der Waals surface area contributed by atoms with Gasteiger partial charge in [-0.3, -0.25) is 9.59 Å². The predicted octanol–water partition coefficient (Wildman–Crippen LogP) is 2.94. The van der Waals surface area contributed by atoms with Gasteiger partial charge in [-0.15, -0.1) is 0 Å². The normalized spacial score (nSPS) is 11.5. The third-order valence-corrected chi connectivity index (χ3v) is 3.33. The molecule has 0 saturated carbocycles. The van der Waals surface area contributed by atoms with Gasteiger partial charge < -0.3 is 25.7 Å². The zero-order valence-corrected chi connectivity index (χ0v) is 13.7. The predicted molar refractivity (Wildman–Crippen MR) is 91.9 cm³/mol. The van der Waals surface area contributed by atoms with Crippen molar-refractivity contribution in [3.05, 3.63) is 45.4 Å². The lowest BCUT2D eigenvalue weighted by Crippen LogP contribution is -2.25. The number of hydrogen-bond donors (Lipinski definition) is 5. The molecule has 0 radical (unpaired) electrons. The average Bonchev–Trinajstić information content (AvgIpc) is 2.48.